The molecular formula is C26H21Cl2FN2O2. The van der Waals surface area contributed by atoms with Crippen LogP contribution in [0.1, 0.15) is 42.0 Å². The van der Waals surface area contributed by atoms with Crippen LogP contribution < -0.4 is 5.32 Å². The van der Waals surface area contributed by atoms with E-state index in [1.807, 2.05) is 24.3 Å². The van der Waals surface area contributed by atoms with E-state index in [2.05, 4.69) is 5.32 Å². The highest BCUT2D eigenvalue weighted by Crippen LogP contribution is 2.59. The second-order valence-corrected chi connectivity index (χ2v) is 9.45. The van der Waals surface area contributed by atoms with Crippen molar-refractivity contribution in [1.29, 1.82) is 0 Å². The molecule has 2 amide bonds. The molecule has 1 fully saturated rings. The second kappa shape index (κ2) is 8.15. The molecule has 0 radical (unpaired) electrons. The zero-order chi connectivity index (χ0) is 23.3. The van der Waals surface area contributed by atoms with E-state index in [1.54, 1.807) is 35.2 Å². The summed E-state index contributed by atoms with van der Waals surface area (Å²) in [7, 11) is 0. The topological polar surface area (TPSA) is 49.4 Å². The van der Waals surface area contributed by atoms with Gasteiger partial charge in [-0.25, -0.2) is 4.39 Å². The Hall–Kier alpha value is -2.89. The maximum absolute atomic E-state index is 14.4. The molecule has 3 atom stereocenters. The Morgan fingerprint density at radius 2 is 1.76 bits per heavy atom. The molecule has 0 unspecified atom stereocenters. The molecule has 1 N–H and O–H groups in total. The van der Waals surface area contributed by atoms with Crippen molar-refractivity contribution in [2.24, 2.45) is 0 Å². The van der Waals surface area contributed by atoms with Crippen molar-refractivity contribution in [3.63, 3.8) is 0 Å². The average molecular weight is 483 g/mol. The van der Waals surface area contributed by atoms with Crippen LogP contribution in [-0.2, 0) is 15.0 Å². The van der Waals surface area contributed by atoms with Gasteiger partial charge in [0.05, 0.1) is 6.04 Å². The number of amides is 2. The lowest BCUT2D eigenvalue weighted by atomic mass is 9.58. The summed E-state index contributed by atoms with van der Waals surface area (Å²) in [5.41, 5.74) is 1.61. The van der Waals surface area contributed by atoms with E-state index in [0.717, 1.165) is 11.1 Å². The molecule has 0 aromatic heterocycles. The van der Waals surface area contributed by atoms with Crippen LogP contribution in [-0.4, -0.2) is 23.3 Å². The lowest BCUT2D eigenvalue weighted by molar-refractivity contribution is -0.140. The maximum Gasteiger partial charge on any atom is 0.238 e. The van der Waals surface area contributed by atoms with Crippen molar-refractivity contribution < 1.29 is 14.0 Å². The van der Waals surface area contributed by atoms with E-state index >= 15 is 0 Å². The van der Waals surface area contributed by atoms with Gasteiger partial charge in [-0.2, -0.15) is 0 Å². The lowest BCUT2D eigenvalue weighted by Crippen LogP contribution is -2.57. The number of carbonyl (C=O) groups is 2. The Morgan fingerprint density at radius 1 is 1.03 bits per heavy atom. The molecule has 0 saturated carbocycles. The van der Waals surface area contributed by atoms with Gasteiger partial charge in [-0.1, -0.05) is 53.5 Å². The van der Waals surface area contributed by atoms with Crippen LogP contribution in [0.2, 0.25) is 10.0 Å². The minimum atomic E-state index is -1.19. The molecule has 5 rings (SSSR count). The standard InChI is InChI=1S/C26H21Cl2FN2O2/c1-15(32)31-11-10-21(16-4-2-6-18(27)12-16)26(24(31)17-5-3-7-20(29)13-17)22-9-8-19(28)14-23(22)30-25(26)33/h2-9,12-14,21,24H,10-11H2,1H3,(H,30,33)/t21-,24+,26+/m0/s1. The number of hydrogen-bond donors (Lipinski definition) is 1. The largest absolute Gasteiger partial charge is 0.334 e. The first kappa shape index (κ1) is 21.9. The molecule has 2 aliphatic rings. The molecule has 1 spiro atoms. The van der Waals surface area contributed by atoms with Gasteiger partial charge in [0.1, 0.15) is 11.2 Å². The number of likely N-dealkylation sites (tertiary alicyclic amines) is 1. The Balaban J connectivity index is 1.84. The van der Waals surface area contributed by atoms with Crippen molar-refractivity contribution in [1.82, 2.24) is 4.90 Å². The number of benzene rings is 3. The quantitative estimate of drug-likeness (QED) is 0.479. The Kier molecular flexibility index (Phi) is 5.42. The van der Waals surface area contributed by atoms with Crippen LogP contribution in [0.5, 0.6) is 0 Å². The minimum Gasteiger partial charge on any atom is -0.334 e. The van der Waals surface area contributed by atoms with Gasteiger partial charge in [0, 0.05) is 35.1 Å². The first-order valence-corrected chi connectivity index (χ1v) is 11.5. The summed E-state index contributed by atoms with van der Waals surface area (Å²) >= 11 is 12.6. The van der Waals surface area contributed by atoms with Crippen LogP contribution in [0.3, 0.4) is 0 Å². The van der Waals surface area contributed by atoms with Gasteiger partial charge in [-0.3, -0.25) is 9.59 Å². The van der Waals surface area contributed by atoms with Gasteiger partial charge in [0.15, 0.2) is 0 Å². The number of fused-ring (bicyclic) bond motifs is 2. The molecule has 4 nitrogen and oxygen atoms in total. The predicted octanol–water partition coefficient (Wildman–Crippen LogP) is 6.10. The number of hydrogen-bond acceptors (Lipinski definition) is 2. The van der Waals surface area contributed by atoms with Crippen molar-refractivity contribution in [2.75, 3.05) is 11.9 Å². The summed E-state index contributed by atoms with van der Waals surface area (Å²) in [5.74, 6) is -1.15. The van der Waals surface area contributed by atoms with Gasteiger partial charge >= 0.3 is 0 Å². The minimum absolute atomic E-state index is 0.177. The number of carbonyl (C=O) groups excluding carboxylic acids is 2. The highest BCUT2D eigenvalue weighted by Gasteiger charge is 2.62. The zero-order valence-corrected chi connectivity index (χ0v) is 19.3. The molecular weight excluding hydrogens is 462 g/mol. The lowest BCUT2D eigenvalue weighted by Gasteiger charge is -2.51. The number of halogens is 3. The summed E-state index contributed by atoms with van der Waals surface area (Å²) in [6, 6.07) is 18.2. The zero-order valence-electron chi connectivity index (χ0n) is 17.8. The molecule has 7 heteroatoms. The average Bonchev–Trinajstić information content (AvgIpc) is 3.04. The van der Waals surface area contributed by atoms with E-state index < -0.39 is 17.3 Å². The predicted molar refractivity (Wildman–Crippen MR) is 127 cm³/mol. The molecule has 0 aliphatic carbocycles. The molecule has 1 saturated heterocycles. The fourth-order valence-corrected chi connectivity index (χ4v) is 5.99. The third-order valence-corrected chi connectivity index (χ3v) is 7.29. The summed E-state index contributed by atoms with van der Waals surface area (Å²) < 4.78 is 14.4. The Morgan fingerprint density at radius 3 is 2.48 bits per heavy atom. The van der Waals surface area contributed by atoms with Gasteiger partial charge in [0.2, 0.25) is 11.8 Å². The van der Waals surface area contributed by atoms with Crippen LogP contribution in [0, 0.1) is 5.82 Å². The molecule has 0 bridgehead atoms. The number of piperidine rings is 1. The van der Waals surface area contributed by atoms with Crippen molar-refractivity contribution in [2.45, 2.75) is 30.7 Å². The smallest absolute Gasteiger partial charge is 0.238 e. The fraction of sp³-hybridized carbons (Fsp3) is 0.231. The highest BCUT2D eigenvalue weighted by atomic mass is 35.5. The van der Waals surface area contributed by atoms with E-state index in [0.29, 0.717) is 34.3 Å². The number of rotatable bonds is 2. The number of anilines is 1. The van der Waals surface area contributed by atoms with E-state index in [9.17, 15) is 14.0 Å². The fourth-order valence-electron chi connectivity index (χ4n) is 5.62. The van der Waals surface area contributed by atoms with Crippen LogP contribution in [0.15, 0.2) is 66.7 Å². The third kappa shape index (κ3) is 3.42. The van der Waals surface area contributed by atoms with Crippen LogP contribution in [0.25, 0.3) is 0 Å². The van der Waals surface area contributed by atoms with Gasteiger partial charge in [-0.05, 0) is 59.5 Å². The maximum atomic E-state index is 14.4. The third-order valence-electron chi connectivity index (χ3n) is 6.82. The van der Waals surface area contributed by atoms with Gasteiger partial charge in [-0.15, -0.1) is 0 Å². The van der Waals surface area contributed by atoms with E-state index in [-0.39, 0.29) is 17.7 Å². The molecule has 3 aromatic carbocycles. The first-order chi connectivity index (χ1) is 15.8. The van der Waals surface area contributed by atoms with E-state index in [4.69, 9.17) is 23.2 Å². The summed E-state index contributed by atoms with van der Waals surface area (Å²) in [4.78, 5) is 28.5. The van der Waals surface area contributed by atoms with Crippen LogP contribution >= 0.6 is 23.2 Å². The second-order valence-electron chi connectivity index (χ2n) is 8.58. The Bertz CT molecular complexity index is 1280. The van der Waals surface area contributed by atoms with Crippen LogP contribution in [0.4, 0.5) is 10.1 Å². The molecule has 33 heavy (non-hydrogen) atoms. The molecule has 2 aliphatic heterocycles. The number of nitrogens with zero attached hydrogens (tertiary/aromatic N) is 1. The van der Waals surface area contributed by atoms with E-state index in [1.165, 1.54) is 19.1 Å². The number of nitrogens with one attached hydrogen (secondary N) is 1. The summed E-state index contributed by atoms with van der Waals surface area (Å²) in [5, 5.41) is 4.06. The SMILES string of the molecule is CC(=O)N1CC[C@@H](c2cccc(Cl)c2)[C@]2(C(=O)Nc3cc(Cl)ccc32)[C@H]1c1cccc(F)c1. The molecule has 168 valence electrons. The first-order valence-electron chi connectivity index (χ1n) is 10.7. The summed E-state index contributed by atoms with van der Waals surface area (Å²) in [6.07, 6.45) is 0.543. The highest BCUT2D eigenvalue weighted by molar-refractivity contribution is 6.31. The molecule has 3 aromatic rings. The van der Waals surface area contributed by atoms with Crippen molar-refractivity contribution in [3.8, 4) is 0 Å². The summed E-state index contributed by atoms with van der Waals surface area (Å²) in [6.45, 7) is 1.90. The normalized spacial score (nSPS) is 24.0. The van der Waals surface area contributed by atoms with Gasteiger partial charge < -0.3 is 10.2 Å². The monoisotopic (exact) mass is 482 g/mol. The van der Waals surface area contributed by atoms with Gasteiger partial charge in [0.25, 0.3) is 0 Å². The molecule has 2 heterocycles. The Labute approximate surface area is 201 Å². The van der Waals surface area contributed by atoms with Crippen molar-refractivity contribution in [3.05, 3.63) is 99.3 Å². The van der Waals surface area contributed by atoms with Crippen molar-refractivity contribution >= 4 is 40.7 Å².